The number of carbonyl (C=O) groups excluding carboxylic acids is 2. The van der Waals surface area contributed by atoms with Crippen molar-refractivity contribution in [3.63, 3.8) is 0 Å². The van der Waals surface area contributed by atoms with Crippen molar-refractivity contribution in [1.29, 1.82) is 0 Å². The lowest BCUT2D eigenvalue weighted by atomic mass is 9.77. The first-order valence-corrected chi connectivity index (χ1v) is 15.2. The molecule has 0 bridgehead atoms. The smallest absolute Gasteiger partial charge is 0.185 e. The van der Waals surface area contributed by atoms with Gasteiger partial charge in [0.1, 0.15) is 24.0 Å². The fourth-order valence-electron chi connectivity index (χ4n) is 4.44. The molecule has 2 aromatic heterocycles. The van der Waals surface area contributed by atoms with Crippen molar-refractivity contribution in [3.05, 3.63) is 132 Å². The number of rotatable bonds is 10. The minimum Gasteiger partial charge on any atom is -0.288 e. The second-order valence-corrected chi connectivity index (χ2v) is 11.6. The highest BCUT2D eigenvalue weighted by Gasteiger charge is 2.39. The van der Waals surface area contributed by atoms with E-state index in [0.717, 1.165) is 40.5 Å². The standard InChI is InChI=1S/C25H23N3OS.C6H9N3OS/c1-20(29)30-18-17-24-26-19-28(27-24)25(21-11-5-2-6-12-21,22-13-7-3-8-14-22)23-15-9-4-10-16-23;1-5(10)11-3-2-6-7-4-8-9-6/h2-16,19H,17-18H2,1H3;4H,2-3H2,1H3,(H,7,8,9). The lowest BCUT2D eigenvalue weighted by Gasteiger charge is -2.35. The Kier molecular flexibility index (Phi) is 11.0. The molecule has 0 saturated carbocycles. The highest BCUT2D eigenvalue weighted by Crippen LogP contribution is 2.40. The van der Waals surface area contributed by atoms with Gasteiger partial charge in [0.2, 0.25) is 0 Å². The van der Waals surface area contributed by atoms with E-state index in [1.165, 1.54) is 29.9 Å². The molecule has 0 aliphatic carbocycles. The third kappa shape index (κ3) is 8.02. The van der Waals surface area contributed by atoms with Gasteiger partial charge in [-0.3, -0.25) is 14.7 Å². The van der Waals surface area contributed by atoms with Gasteiger partial charge in [-0.2, -0.15) is 10.2 Å². The maximum absolute atomic E-state index is 11.3. The van der Waals surface area contributed by atoms with Gasteiger partial charge in [-0.1, -0.05) is 115 Å². The molecule has 210 valence electrons. The molecule has 0 amide bonds. The van der Waals surface area contributed by atoms with Crippen LogP contribution in [-0.2, 0) is 28.0 Å². The van der Waals surface area contributed by atoms with E-state index < -0.39 is 5.54 Å². The molecule has 0 atom stereocenters. The first-order valence-electron chi connectivity index (χ1n) is 13.2. The molecule has 0 fully saturated rings. The van der Waals surface area contributed by atoms with Crippen molar-refractivity contribution < 1.29 is 9.59 Å². The van der Waals surface area contributed by atoms with Crippen LogP contribution in [0.4, 0.5) is 0 Å². The molecule has 0 unspecified atom stereocenters. The summed E-state index contributed by atoms with van der Waals surface area (Å²) in [6.45, 7) is 3.15. The number of hydrogen-bond donors (Lipinski definition) is 1. The van der Waals surface area contributed by atoms with Crippen LogP contribution in [0.25, 0.3) is 0 Å². The Morgan fingerprint density at radius 1 is 0.732 bits per heavy atom. The summed E-state index contributed by atoms with van der Waals surface area (Å²) in [7, 11) is 0. The van der Waals surface area contributed by atoms with Gasteiger partial charge in [0, 0.05) is 38.2 Å². The number of nitrogens with zero attached hydrogens (tertiary/aromatic N) is 5. The van der Waals surface area contributed by atoms with Crippen LogP contribution in [0.1, 0.15) is 42.2 Å². The summed E-state index contributed by atoms with van der Waals surface area (Å²) >= 11 is 2.61. The fraction of sp³-hybridized carbons (Fsp3) is 0.226. The van der Waals surface area contributed by atoms with Gasteiger partial charge in [-0.15, -0.1) is 0 Å². The molecule has 0 radical (unpaired) electrons. The number of aromatic nitrogens is 6. The molecule has 0 spiro atoms. The Balaban J connectivity index is 0.000000296. The van der Waals surface area contributed by atoms with E-state index >= 15 is 0 Å². The molecule has 0 aliphatic rings. The largest absolute Gasteiger partial charge is 0.288 e. The number of hydrogen-bond acceptors (Lipinski definition) is 8. The van der Waals surface area contributed by atoms with E-state index in [-0.39, 0.29) is 10.2 Å². The lowest BCUT2D eigenvalue weighted by molar-refractivity contribution is -0.109. The maximum Gasteiger partial charge on any atom is 0.185 e. The summed E-state index contributed by atoms with van der Waals surface area (Å²) in [4.78, 5) is 30.3. The van der Waals surface area contributed by atoms with Crippen LogP contribution in [0.2, 0.25) is 0 Å². The Labute approximate surface area is 248 Å². The number of aromatic amines is 1. The summed E-state index contributed by atoms with van der Waals surface area (Å²) in [5.74, 6) is 3.01. The average Bonchev–Trinajstić information content (AvgIpc) is 3.68. The fourth-order valence-corrected chi connectivity index (χ4v) is 5.59. The summed E-state index contributed by atoms with van der Waals surface area (Å²) in [5, 5.41) is 11.6. The number of carbonyl (C=O) groups is 2. The quantitative estimate of drug-likeness (QED) is 0.213. The lowest BCUT2D eigenvalue weighted by Crippen LogP contribution is -2.38. The van der Waals surface area contributed by atoms with E-state index in [4.69, 9.17) is 5.10 Å². The number of benzene rings is 3. The number of aryl methyl sites for hydroxylation is 2. The van der Waals surface area contributed by atoms with Crippen LogP contribution in [0.15, 0.2) is 104 Å². The second-order valence-electron chi connectivity index (χ2n) is 9.03. The van der Waals surface area contributed by atoms with Crippen LogP contribution in [0.3, 0.4) is 0 Å². The normalized spacial score (nSPS) is 11.0. The van der Waals surface area contributed by atoms with Crippen molar-refractivity contribution in [2.45, 2.75) is 32.2 Å². The number of thioether (sulfide) groups is 2. The van der Waals surface area contributed by atoms with Crippen molar-refractivity contribution in [2.75, 3.05) is 11.5 Å². The third-order valence-corrected chi connectivity index (χ3v) is 7.83. The second kappa shape index (κ2) is 15.1. The Morgan fingerprint density at radius 2 is 1.22 bits per heavy atom. The van der Waals surface area contributed by atoms with Crippen LogP contribution in [0, 0.1) is 0 Å². The SMILES string of the molecule is CC(=O)SCCc1ncn(C(c2ccccc2)(c2ccccc2)c2ccccc2)n1.CC(=O)SCCc1ncn[nH]1. The zero-order valence-corrected chi connectivity index (χ0v) is 24.6. The first kappa shape index (κ1) is 30.0. The van der Waals surface area contributed by atoms with Gasteiger partial charge in [-0.05, 0) is 16.7 Å². The molecule has 1 N–H and O–H groups in total. The van der Waals surface area contributed by atoms with E-state index in [1.54, 1.807) is 20.2 Å². The van der Waals surface area contributed by atoms with Crippen LogP contribution < -0.4 is 0 Å². The highest BCUT2D eigenvalue weighted by atomic mass is 32.2. The number of H-pyrrole nitrogens is 1. The topological polar surface area (TPSA) is 106 Å². The minimum absolute atomic E-state index is 0.113. The monoisotopic (exact) mass is 584 g/mol. The first-order chi connectivity index (χ1) is 20.0. The van der Waals surface area contributed by atoms with Gasteiger partial charge in [-0.25, -0.2) is 14.6 Å². The zero-order valence-electron chi connectivity index (χ0n) is 23.0. The number of nitrogens with one attached hydrogen (secondary N) is 1. The molecular weight excluding hydrogens is 553 g/mol. The summed E-state index contributed by atoms with van der Waals surface area (Å²) in [5.41, 5.74) is 2.67. The molecule has 8 nitrogen and oxygen atoms in total. The third-order valence-electron chi connectivity index (χ3n) is 6.20. The summed E-state index contributed by atoms with van der Waals surface area (Å²) in [6, 6.07) is 31.2. The zero-order chi connectivity index (χ0) is 28.9. The van der Waals surface area contributed by atoms with Crippen molar-refractivity contribution in [2.24, 2.45) is 0 Å². The Morgan fingerprint density at radius 3 is 1.66 bits per heavy atom. The van der Waals surface area contributed by atoms with Crippen molar-refractivity contribution in [3.8, 4) is 0 Å². The molecule has 2 heterocycles. The molecular formula is C31H32N6O2S2. The van der Waals surface area contributed by atoms with Gasteiger partial charge >= 0.3 is 0 Å². The predicted octanol–water partition coefficient (Wildman–Crippen LogP) is 5.57. The molecule has 5 rings (SSSR count). The molecule has 0 aliphatic heterocycles. The predicted molar refractivity (Wildman–Crippen MR) is 165 cm³/mol. The maximum atomic E-state index is 11.3. The van der Waals surface area contributed by atoms with Crippen molar-refractivity contribution in [1.82, 2.24) is 29.9 Å². The minimum atomic E-state index is -0.650. The Hall–Kier alpha value is -4.02. The van der Waals surface area contributed by atoms with Crippen LogP contribution >= 0.6 is 23.5 Å². The van der Waals surface area contributed by atoms with E-state index in [2.05, 4.69) is 93.0 Å². The van der Waals surface area contributed by atoms with Crippen LogP contribution in [-0.4, -0.2) is 51.7 Å². The summed E-state index contributed by atoms with van der Waals surface area (Å²) < 4.78 is 1.96. The Bertz CT molecular complexity index is 1400. The highest BCUT2D eigenvalue weighted by molar-refractivity contribution is 8.13. The van der Waals surface area contributed by atoms with Crippen molar-refractivity contribution >= 4 is 33.8 Å². The van der Waals surface area contributed by atoms with E-state index in [9.17, 15) is 9.59 Å². The van der Waals surface area contributed by atoms with Gasteiger partial charge in [0.05, 0.1) is 0 Å². The average molecular weight is 585 g/mol. The molecule has 0 saturated heterocycles. The molecule has 10 heteroatoms. The molecule has 41 heavy (non-hydrogen) atoms. The van der Waals surface area contributed by atoms with E-state index in [0.29, 0.717) is 12.2 Å². The summed E-state index contributed by atoms with van der Waals surface area (Å²) in [6.07, 6.45) is 4.68. The van der Waals surface area contributed by atoms with Gasteiger partial charge in [0.15, 0.2) is 16.1 Å². The van der Waals surface area contributed by atoms with Gasteiger partial charge < -0.3 is 0 Å². The van der Waals surface area contributed by atoms with Gasteiger partial charge in [0.25, 0.3) is 0 Å². The van der Waals surface area contributed by atoms with Crippen LogP contribution in [0.5, 0.6) is 0 Å². The van der Waals surface area contributed by atoms with E-state index in [1.807, 2.05) is 22.9 Å². The molecule has 3 aromatic carbocycles. The molecule has 5 aromatic rings.